The van der Waals surface area contributed by atoms with Crippen molar-refractivity contribution >= 4 is 15.7 Å². The third-order valence-electron chi connectivity index (χ3n) is 3.54. The zero-order valence-electron chi connectivity index (χ0n) is 11.0. The lowest BCUT2D eigenvalue weighted by Crippen LogP contribution is -2.33. The fraction of sp³-hybridized carbons (Fsp3) is 0.538. The number of sulfonamides is 1. The molecule has 1 aromatic rings. The molecule has 6 heteroatoms. The first-order valence-electron chi connectivity index (χ1n) is 6.39. The first kappa shape index (κ1) is 14.3. The van der Waals surface area contributed by atoms with Gasteiger partial charge in [0.1, 0.15) is 0 Å². The molecule has 2 rings (SSSR count). The minimum absolute atomic E-state index is 0.253. The van der Waals surface area contributed by atoms with Crippen LogP contribution in [0.4, 0.5) is 5.69 Å². The molecule has 1 atom stereocenters. The molecule has 1 aliphatic rings. The highest BCUT2D eigenvalue weighted by atomic mass is 32.2. The molecule has 5 nitrogen and oxygen atoms in total. The molecule has 1 fully saturated rings. The average molecular weight is 284 g/mol. The van der Waals surface area contributed by atoms with Gasteiger partial charge >= 0.3 is 0 Å². The average Bonchev–Trinajstić information content (AvgIpc) is 2.51. The molecular formula is C13H20N2O3S. The maximum Gasteiger partial charge on any atom is 0.243 e. The van der Waals surface area contributed by atoms with Crippen molar-refractivity contribution in [3.05, 3.63) is 24.3 Å². The van der Waals surface area contributed by atoms with Gasteiger partial charge in [0.05, 0.1) is 10.5 Å². The molecule has 0 amide bonds. The quantitative estimate of drug-likeness (QED) is 0.799. The highest BCUT2D eigenvalue weighted by molar-refractivity contribution is 7.89. The zero-order valence-corrected chi connectivity index (χ0v) is 11.9. The largest absolute Gasteiger partial charge is 0.399 e. The molecule has 0 aliphatic carbocycles. The standard InChI is InChI=1S/C13H20N2O3S/c1-13(16)7-2-9-15(10-8-13)19(17,18)12-5-3-11(14)4-6-12/h3-6,16H,2,7-10,14H2,1H3. The summed E-state index contributed by atoms with van der Waals surface area (Å²) in [6.07, 6.45) is 1.75. The molecular weight excluding hydrogens is 264 g/mol. The summed E-state index contributed by atoms with van der Waals surface area (Å²) in [5, 5.41) is 10.0. The number of hydrogen-bond donors (Lipinski definition) is 2. The molecule has 0 bridgehead atoms. The minimum atomic E-state index is -3.49. The predicted octanol–water partition coefficient (Wildman–Crippen LogP) is 1.19. The van der Waals surface area contributed by atoms with Crippen molar-refractivity contribution in [1.82, 2.24) is 4.31 Å². The van der Waals surface area contributed by atoms with E-state index in [0.717, 1.165) is 0 Å². The van der Waals surface area contributed by atoms with E-state index >= 15 is 0 Å². The van der Waals surface area contributed by atoms with Crippen LogP contribution in [0.3, 0.4) is 0 Å². The molecule has 0 saturated carbocycles. The lowest BCUT2D eigenvalue weighted by atomic mass is 9.98. The van der Waals surface area contributed by atoms with Crippen molar-refractivity contribution < 1.29 is 13.5 Å². The van der Waals surface area contributed by atoms with E-state index in [1.807, 2.05) is 0 Å². The lowest BCUT2D eigenvalue weighted by Gasteiger charge is -2.22. The van der Waals surface area contributed by atoms with Gasteiger partial charge in [-0.05, 0) is 50.5 Å². The molecule has 3 N–H and O–H groups in total. The van der Waals surface area contributed by atoms with Crippen LogP contribution >= 0.6 is 0 Å². The summed E-state index contributed by atoms with van der Waals surface area (Å²) in [6.45, 7) is 2.55. The Labute approximate surface area is 114 Å². The van der Waals surface area contributed by atoms with E-state index in [2.05, 4.69) is 0 Å². The Bertz CT molecular complexity index is 538. The fourth-order valence-electron chi connectivity index (χ4n) is 2.27. The van der Waals surface area contributed by atoms with Crippen molar-refractivity contribution in [3.63, 3.8) is 0 Å². The van der Waals surface area contributed by atoms with Crippen molar-refractivity contribution in [2.45, 2.75) is 36.7 Å². The predicted molar refractivity (Wildman–Crippen MR) is 74.1 cm³/mol. The fourth-order valence-corrected chi connectivity index (χ4v) is 3.75. The van der Waals surface area contributed by atoms with E-state index < -0.39 is 15.6 Å². The molecule has 106 valence electrons. The van der Waals surface area contributed by atoms with Crippen LogP contribution in [0.5, 0.6) is 0 Å². The summed E-state index contributed by atoms with van der Waals surface area (Å²) in [5.41, 5.74) is 5.33. The highest BCUT2D eigenvalue weighted by Crippen LogP contribution is 2.25. The molecule has 1 heterocycles. The van der Waals surface area contributed by atoms with Crippen LogP contribution in [0, 0.1) is 0 Å². The van der Waals surface area contributed by atoms with E-state index in [-0.39, 0.29) is 4.90 Å². The summed E-state index contributed by atoms with van der Waals surface area (Å²) < 4.78 is 26.4. The van der Waals surface area contributed by atoms with Crippen LogP contribution in [0.15, 0.2) is 29.2 Å². The Balaban J connectivity index is 2.22. The number of anilines is 1. The summed E-state index contributed by atoms with van der Waals surface area (Å²) in [5.74, 6) is 0. The number of hydrogen-bond acceptors (Lipinski definition) is 4. The van der Waals surface area contributed by atoms with Gasteiger partial charge < -0.3 is 10.8 Å². The van der Waals surface area contributed by atoms with Gasteiger partial charge in [-0.3, -0.25) is 0 Å². The summed E-state index contributed by atoms with van der Waals surface area (Å²) >= 11 is 0. The van der Waals surface area contributed by atoms with Crippen LogP contribution < -0.4 is 5.73 Å². The second-order valence-electron chi connectivity index (χ2n) is 5.32. The minimum Gasteiger partial charge on any atom is -0.399 e. The van der Waals surface area contributed by atoms with Gasteiger partial charge in [-0.2, -0.15) is 4.31 Å². The number of nitrogens with two attached hydrogens (primary N) is 1. The molecule has 19 heavy (non-hydrogen) atoms. The van der Waals surface area contributed by atoms with Gasteiger partial charge in [0.15, 0.2) is 0 Å². The Morgan fingerprint density at radius 3 is 2.47 bits per heavy atom. The molecule has 1 aliphatic heterocycles. The molecule has 1 aromatic carbocycles. The maximum absolute atomic E-state index is 12.5. The van der Waals surface area contributed by atoms with Crippen LogP contribution in [-0.4, -0.2) is 36.5 Å². The van der Waals surface area contributed by atoms with Crippen LogP contribution in [0.1, 0.15) is 26.2 Å². The summed E-state index contributed by atoms with van der Waals surface area (Å²) in [7, 11) is -3.49. The van der Waals surface area contributed by atoms with E-state index in [9.17, 15) is 13.5 Å². The first-order chi connectivity index (χ1) is 8.81. The van der Waals surface area contributed by atoms with E-state index in [1.165, 1.54) is 16.4 Å². The second-order valence-corrected chi connectivity index (χ2v) is 7.26. The SMILES string of the molecule is CC1(O)CCCN(S(=O)(=O)c2ccc(N)cc2)CC1. The summed E-state index contributed by atoms with van der Waals surface area (Å²) in [6, 6.07) is 6.21. The number of aliphatic hydroxyl groups is 1. The highest BCUT2D eigenvalue weighted by Gasteiger charge is 2.31. The number of benzene rings is 1. The zero-order chi connectivity index (χ0) is 14.1. The summed E-state index contributed by atoms with van der Waals surface area (Å²) in [4.78, 5) is 0.253. The smallest absolute Gasteiger partial charge is 0.243 e. The third-order valence-corrected chi connectivity index (χ3v) is 5.45. The topological polar surface area (TPSA) is 83.6 Å². The van der Waals surface area contributed by atoms with Crippen LogP contribution in [0.2, 0.25) is 0 Å². The Morgan fingerprint density at radius 2 is 1.84 bits per heavy atom. The van der Waals surface area contributed by atoms with Crippen molar-refractivity contribution in [1.29, 1.82) is 0 Å². The first-order valence-corrected chi connectivity index (χ1v) is 7.83. The second kappa shape index (κ2) is 5.11. The molecule has 1 saturated heterocycles. The van der Waals surface area contributed by atoms with Gasteiger partial charge in [-0.1, -0.05) is 0 Å². The van der Waals surface area contributed by atoms with Crippen LogP contribution in [0.25, 0.3) is 0 Å². The molecule has 0 radical (unpaired) electrons. The van der Waals surface area contributed by atoms with Crippen LogP contribution in [-0.2, 0) is 10.0 Å². The number of nitrogen functional groups attached to an aromatic ring is 1. The molecule has 1 unspecified atom stereocenters. The van der Waals surface area contributed by atoms with E-state index in [4.69, 9.17) is 5.73 Å². The Hall–Kier alpha value is -1.11. The number of rotatable bonds is 2. The van der Waals surface area contributed by atoms with Crippen molar-refractivity contribution in [2.24, 2.45) is 0 Å². The lowest BCUT2D eigenvalue weighted by molar-refractivity contribution is 0.0465. The monoisotopic (exact) mass is 284 g/mol. The Morgan fingerprint density at radius 1 is 1.21 bits per heavy atom. The van der Waals surface area contributed by atoms with E-state index in [0.29, 0.717) is 38.0 Å². The maximum atomic E-state index is 12.5. The van der Waals surface area contributed by atoms with Gasteiger partial charge in [-0.25, -0.2) is 8.42 Å². The van der Waals surface area contributed by atoms with E-state index in [1.54, 1.807) is 19.1 Å². The molecule has 0 spiro atoms. The normalized spacial score (nSPS) is 26.0. The van der Waals surface area contributed by atoms with Gasteiger partial charge in [0.25, 0.3) is 0 Å². The van der Waals surface area contributed by atoms with Crippen molar-refractivity contribution in [3.8, 4) is 0 Å². The van der Waals surface area contributed by atoms with Gasteiger partial charge in [0.2, 0.25) is 10.0 Å². The van der Waals surface area contributed by atoms with Gasteiger partial charge in [0, 0.05) is 18.8 Å². The Kier molecular flexibility index (Phi) is 3.85. The third kappa shape index (κ3) is 3.26. The molecule has 0 aromatic heterocycles. The van der Waals surface area contributed by atoms with Gasteiger partial charge in [-0.15, -0.1) is 0 Å². The van der Waals surface area contributed by atoms with Crippen molar-refractivity contribution in [2.75, 3.05) is 18.8 Å². The number of nitrogens with zero attached hydrogens (tertiary/aromatic N) is 1.